The Morgan fingerprint density at radius 2 is 1.81 bits per heavy atom. The smallest absolute Gasteiger partial charge is 0.403 e. The van der Waals surface area contributed by atoms with E-state index < -0.39 is 17.9 Å². The van der Waals surface area contributed by atoms with Crippen molar-refractivity contribution in [1.29, 1.82) is 0 Å². The van der Waals surface area contributed by atoms with Crippen LogP contribution in [0, 0.1) is 5.82 Å². The zero-order valence-electron chi connectivity index (χ0n) is 10.4. The van der Waals surface area contributed by atoms with Crippen LogP contribution in [0.4, 0.5) is 17.6 Å². The molecule has 3 rings (SSSR count). The number of nitrogens with zero attached hydrogens (tertiary/aromatic N) is 1. The van der Waals surface area contributed by atoms with Crippen LogP contribution in [0.1, 0.15) is 0 Å². The molecule has 3 aromatic rings. The number of para-hydroxylation sites is 2. The predicted molar refractivity (Wildman–Crippen MR) is 68.2 cm³/mol. The van der Waals surface area contributed by atoms with Crippen LogP contribution in [-0.2, 0) is 0 Å². The Morgan fingerprint density at radius 1 is 1.05 bits per heavy atom. The summed E-state index contributed by atoms with van der Waals surface area (Å²) in [5, 5.41) is 0. The summed E-state index contributed by atoms with van der Waals surface area (Å²) in [5.74, 6) is -1.64. The Balaban J connectivity index is 2.04. The Bertz CT molecular complexity index is 762. The van der Waals surface area contributed by atoms with Crippen molar-refractivity contribution in [2.75, 3.05) is 0 Å². The molecule has 0 atom stereocenters. The number of hydrogen-bond donors (Lipinski definition) is 1. The van der Waals surface area contributed by atoms with Crippen LogP contribution in [0.2, 0.25) is 0 Å². The number of H-pyrrole nitrogens is 1. The van der Waals surface area contributed by atoms with Crippen LogP contribution < -0.4 is 4.74 Å². The molecule has 0 amide bonds. The normalized spacial score (nSPS) is 11.8. The third-order valence-corrected chi connectivity index (χ3v) is 2.82. The van der Waals surface area contributed by atoms with Gasteiger partial charge in [0.1, 0.15) is 5.82 Å². The van der Waals surface area contributed by atoms with E-state index in [4.69, 9.17) is 0 Å². The van der Waals surface area contributed by atoms with E-state index in [0.29, 0.717) is 16.9 Å². The van der Waals surface area contributed by atoms with Gasteiger partial charge in [-0.05, 0) is 30.3 Å². The van der Waals surface area contributed by atoms with Gasteiger partial charge in [-0.2, -0.15) is 0 Å². The molecule has 0 radical (unpaired) electrons. The van der Waals surface area contributed by atoms with E-state index in [-0.39, 0.29) is 0 Å². The van der Waals surface area contributed by atoms with E-state index in [1.807, 2.05) is 0 Å². The Morgan fingerprint density at radius 3 is 2.52 bits per heavy atom. The summed E-state index contributed by atoms with van der Waals surface area (Å²) in [6.45, 7) is 0. The van der Waals surface area contributed by atoms with E-state index in [0.717, 1.165) is 17.6 Å². The van der Waals surface area contributed by atoms with Gasteiger partial charge in [0, 0.05) is 5.56 Å². The quantitative estimate of drug-likeness (QED) is 0.717. The molecular weight excluding hydrogens is 288 g/mol. The van der Waals surface area contributed by atoms with E-state index in [2.05, 4.69) is 14.7 Å². The monoisotopic (exact) mass is 296 g/mol. The molecule has 0 aliphatic heterocycles. The van der Waals surface area contributed by atoms with Gasteiger partial charge in [-0.25, -0.2) is 9.37 Å². The highest BCUT2D eigenvalue weighted by atomic mass is 19.4. The summed E-state index contributed by atoms with van der Waals surface area (Å²) in [6.07, 6.45) is -4.95. The average Bonchev–Trinajstić information content (AvgIpc) is 2.83. The fourth-order valence-corrected chi connectivity index (χ4v) is 1.94. The molecule has 2 aromatic carbocycles. The second kappa shape index (κ2) is 4.76. The van der Waals surface area contributed by atoms with E-state index in [1.54, 1.807) is 24.3 Å². The number of fused-ring (bicyclic) bond motifs is 1. The van der Waals surface area contributed by atoms with Gasteiger partial charge in [-0.3, -0.25) is 0 Å². The third-order valence-electron chi connectivity index (χ3n) is 2.82. The van der Waals surface area contributed by atoms with E-state index in [9.17, 15) is 17.6 Å². The molecule has 0 bridgehead atoms. The first-order chi connectivity index (χ1) is 9.92. The lowest BCUT2D eigenvalue weighted by molar-refractivity contribution is -0.275. The number of benzene rings is 2. The van der Waals surface area contributed by atoms with Crippen molar-refractivity contribution in [1.82, 2.24) is 9.97 Å². The van der Waals surface area contributed by atoms with Gasteiger partial charge >= 0.3 is 6.36 Å². The molecule has 0 aliphatic rings. The molecule has 3 nitrogen and oxygen atoms in total. The molecule has 1 heterocycles. The predicted octanol–water partition coefficient (Wildman–Crippen LogP) is 4.27. The minimum absolute atomic E-state index is 0.298. The number of ether oxygens (including phenoxy) is 1. The first-order valence-electron chi connectivity index (χ1n) is 5.93. The van der Waals surface area contributed by atoms with Gasteiger partial charge < -0.3 is 9.72 Å². The molecule has 0 spiro atoms. The van der Waals surface area contributed by atoms with Crippen molar-refractivity contribution >= 4 is 11.0 Å². The van der Waals surface area contributed by atoms with Gasteiger partial charge in [-0.1, -0.05) is 12.1 Å². The van der Waals surface area contributed by atoms with E-state index >= 15 is 0 Å². The highest BCUT2D eigenvalue weighted by Crippen LogP contribution is 2.30. The summed E-state index contributed by atoms with van der Waals surface area (Å²) in [5.41, 5.74) is 1.69. The number of rotatable bonds is 2. The van der Waals surface area contributed by atoms with Crippen molar-refractivity contribution in [3.05, 3.63) is 48.3 Å². The molecule has 0 saturated heterocycles. The Kier molecular flexibility index (Phi) is 3.04. The maximum atomic E-state index is 13.4. The lowest BCUT2D eigenvalue weighted by Crippen LogP contribution is -2.18. The second-order valence-corrected chi connectivity index (χ2v) is 4.30. The highest BCUT2D eigenvalue weighted by molar-refractivity contribution is 5.79. The second-order valence-electron chi connectivity index (χ2n) is 4.30. The van der Waals surface area contributed by atoms with Gasteiger partial charge in [0.2, 0.25) is 0 Å². The van der Waals surface area contributed by atoms with Gasteiger partial charge in [0.05, 0.1) is 11.0 Å². The molecular formula is C14H8F4N2O. The summed E-state index contributed by atoms with van der Waals surface area (Å²) in [6, 6.07) is 10.3. The van der Waals surface area contributed by atoms with Gasteiger partial charge in [0.25, 0.3) is 0 Å². The topological polar surface area (TPSA) is 37.9 Å². The molecule has 7 heteroatoms. The van der Waals surface area contributed by atoms with Crippen molar-refractivity contribution in [2.45, 2.75) is 6.36 Å². The molecule has 0 unspecified atom stereocenters. The molecule has 21 heavy (non-hydrogen) atoms. The summed E-state index contributed by atoms with van der Waals surface area (Å²) in [7, 11) is 0. The number of aromatic amines is 1. The molecule has 108 valence electrons. The third kappa shape index (κ3) is 2.81. The molecule has 0 aliphatic carbocycles. The summed E-state index contributed by atoms with van der Waals surface area (Å²) in [4.78, 5) is 7.19. The fourth-order valence-electron chi connectivity index (χ4n) is 1.94. The van der Waals surface area contributed by atoms with E-state index in [1.165, 1.54) is 6.07 Å². The minimum Gasteiger partial charge on any atom is -0.403 e. The number of imidazole rings is 1. The van der Waals surface area contributed by atoms with Crippen LogP contribution in [0.15, 0.2) is 42.5 Å². The lowest BCUT2D eigenvalue weighted by atomic mass is 10.2. The SMILES string of the molecule is Fc1ccc(-c2nc3ccccc3[nH]2)cc1OC(F)(F)F. The standard InChI is InChI=1S/C14H8F4N2O/c15-9-6-5-8(7-12(9)21-14(16,17)18)13-19-10-3-1-2-4-11(10)20-13/h1-7H,(H,19,20). The lowest BCUT2D eigenvalue weighted by Gasteiger charge is -2.10. The maximum Gasteiger partial charge on any atom is 0.573 e. The zero-order chi connectivity index (χ0) is 15.0. The highest BCUT2D eigenvalue weighted by Gasteiger charge is 2.32. The van der Waals surface area contributed by atoms with Crippen molar-refractivity contribution in [3.8, 4) is 17.1 Å². The maximum absolute atomic E-state index is 13.4. The minimum atomic E-state index is -4.95. The van der Waals surface area contributed by atoms with Crippen molar-refractivity contribution in [3.63, 3.8) is 0 Å². The molecule has 1 N–H and O–H groups in total. The first-order valence-corrected chi connectivity index (χ1v) is 5.93. The van der Waals surface area contributed by atoms with Crippen LogP contribution in [-0.4, -0.2) is 16.3 Å². The van der Waals surface area contributed by atoms with Crippen LogP contribution in [0.3, 0.4) is 0 Å². The number of aromatic nitrogens is 2. The number of nitrogens with one attached hydrogen (secondary N) is 1. The van der Waals surface area contributed by atoms with Gasteiger partial charge in [-0.15, -0.1) is 13.2 Å². The Hall–Kier alpha value is -2.57. The fraction of sp³-hybridized carbons (Fsp3) is 0.0714. The molecule has 0 saturated carbocycles. The molecule has 0 fully saturated rings. The van der Waals surface area contributed by atoms with Crippen LogP contribution >= 0.6 is 0 Å². The molecule has 1 aromatic heterocycles. The van der Waals surface area contributed by atoms with Crippen LogP contribution in [0.5, 0.6) is 5.75 Å². The Labute approximate surface area is 116 Å². The van der Waals surface area contributed by atoms with Gasteiger partial charge in [0.15, 0.2) is 11.6 Å². The average molecular weight is 296 g/mol. The zero-order valence-corrected chi connectivity index (χ0v) is 10.4. The number of halogens is 4. The summed E-state index contributed by atoms with van der Waals surface area (Å²) >= 11 is 0. The van der Waals surface area contributed by atoms with Crippen molar-refractivity contribution < 1.29 is 22.3 Å². The number of alkyl halides is 3. The largest absolute Gasteiger partial charge is 0.573 e. The number of hydrogen-bond acceptors (Lipinski definition) is 2. The van der Waals surface area contributed by atoms with Crippen LogP contribution in [0.25, 0.3) is 22.4 Å². The van der Waals surface area contributed by atoms with Crippen molar-refractivity contribution in [2.24, 2.45) is 0 Å². The summed E-state index contributed by atoms with van der Waals surface area (Å²) < 4.78 is 53.6. The first kappa shape index (κ1) is 13.4.